The number of rotatable bonds is 5. The Hall–Kier alpha value is -5.84. The number of pyridine rings is 1. The lowest BCUT2D eigenvalue weighted by Gasteiger charge is -2.42. The third-order valence-electron chi connectivity index (χ3n) is 9.27. The molecule has 0 radical (unpaired) electrons. The Bertz CT molecular complexity index is 2390. The monoisotopic (exact) mass is 631 g/mol. The van der Waals surface area contributed by atoms with Crippen molar-refractivity contribution in [3.05, 3.63) is 198 Å². The van der Waals surface area contributed by atoms with Gasteiger partial charge in [0.05, 0.1) is 22.3 Å². The Balaban J connectivity index is 1.30. The second-order valence-corrected chi connectivity index (χ2v) is 13.1. The Morgan fingerprint density at radius 3 is 1.94 bits per heavy atom. The molecular formula is C44H29N3S. The molecule has 0 N–H and O–H groups in total. The molecule has 0 saturated heterocycles. The fourth-order valence-electron chi connectivity index (χ4n) is 7.13. The number of hydrogen-bond acceptors (Lipinski definition) is 4. The van der Waals surface area contributed by atoms with Crippen LogP contribution in [-0.2, 0) is 5.41 Å². The van der Waals surface area contributed by atoms with Gasteiger partial charge in [0.25, 0.3) is 0 Å². The Morgan fingerprint density at radius 2 is 1.15 bits per heavy atom. The van der Waals surface area contributed by atoms with Gasteiger partial charge in [-0.3, -0.25) is 4.98 Å². The highest BCUT2D eigenvalue weighted by molar-refractivity contribution is 7.99. The Labute approximate surface area is 284 Å². The van der Waals surface area contributed by atoms with E-state index in [0.29, 0.717) is 5.82 Å². The number of para-hydroxylation sites is 1. The molecule has 6 aromatic carbocycles. The highest BCUT2D eigenvalue weighted by Crippen LogP contribution is 2.56. The van der Waals surface area contributed by atoms with Gasteiger partial charge in [0.15, 0.2) is 5.82 Å². The molecule has 4 heteroatoms. The number of aromatic nitrogens is 3. The molecule has 0 saturated carbocycles. The maximum Gasteiger partial charge on any atom is 0.160 e. The van der Waals surface area contributed by atoms with Crippen molar-refractivity contribution in [2.24, 2.45) is 0 Å². The molecule has 3 nitrogen and oxygen atoms in total. The van der Waals surface area contributed by atoms with Crippen LogP contribution in [0.25, 0.3) is 44.8 Å². The molecule has 3 heterocycles. The normalized spacial score (nSPS) is 13.1. The van der Waals surface area contributed by atoms with E-state index >= 15 is 0 Å². The van der Waals surface area contributed by atoms with Gasteiger partial charge in [-0.05, 0) is 64.7 Å². The van der Waals surface area contributed by atoms with Crippen molar-refractivity contribution in [1.29, 1.82) is 0 Å². The van der Waals surface area contributed by atoms with Crippen LogP contribution in [0.15, 0.2) is 186 Å². The molecule has 0 aliphatic carbocycles. The van der Waals surface area contributed by atoms with Crippen molar-refractivity contribution in [3.8, 4) is 33.9 Å². The Morgan fingerprint density at radius 1 is 0.458 bits per heavy atom. The van der Waals surface area contributed by atoms with E-state index in [1.807, 2.05) is 42.2 Å². The van der Waals surface area contributed by atoms with Crippen molar-refractivity contribution in [2.45, 2.75) is 15.2 Å². The molecule has 8 aromatic rings. The van der Waals surface area contributed by atoms with Gasteiger partial charge in [-0.1, -0.05) is 139 Å². The van der Waals surface area contributed by atoms with E-state index in [-0.39, 0.29) is 0 Å². The van der Waals surface area contributed by atoms with Crippen molar-refractivity contribution in [1.82, 2.24) is 15.0 Å². The third kappa shape index (κ3) is 4.64. The van der Waals surface area contributed by atoms with Gasteiger partial charge in [0.2, 0.25) is 0 Å². The number of hydrogen-bond donors (Lipinski definition) is 0. The van der Waals surface area contributed by atoms with Gasteiger partial charge in [0.1, 0.15) is 0 Å². The smallest absolute Gasteiger partial charge is 0.160 e. The van der Waals surface area contributed by atoms with Gasteiger partial charge in [-0.25, -0.2) is 9.97 Å². The van der Waals surface area contributed by atoms with Crippen LogP contribution in [0.1, 0.15) is 22.3 Å². The van der Waals surface area contributed by atoms with E-state index in [1.165, 1.54) is 32.0 Å². The first-order valence-electron chi connectivity index (χ1n) is 16.1. The van der Waals surface area contributed by atoms with Crippen LogP contribution in [0.2, 0.25) is 0 Å². The van der Waals surface area contributed by atoms with E-state index in [2.05, 4.69) is 151 Å². The van der Waals surface area contributed by atoms with Crippen LogP contribution < -0.4 is 0 Å². The van der Waals surface area contributed by atoms with Crippen LogP contribution in [0.4, 0.5) is 0 Å². The van der Waals surface area contributed by atoms with Crippen LogP contribution in [0, 0.1) is 0 Å². The number of nitrogens with zero attached hydrogens (tertiary/aromatic N) is 3. The molecule has 1 aliphatic rings. The summed E-state index contributed by atoms with van der Waals surface area (Å²) in [6, 6.07) is 60.2. The molecule has 1 aliphatic heterocycles. The second kappa shape index (κ2) is 11.8. The summed E-state index contributed by atoms with van der Waals surface area (Å²) in [6.45, 7) is 0. The summed E-state index contributed by atoms with van der Waals surface area (Å²) in [6.07, 6.45) is 1.82. The molecule has 0 bridgehead atoms. The first-order valence-corrected chi connectivity index (χ1v) is 16.9. The van der Waals surface area contributed by atoms with Crippen molar-refractivity contribution in [3.63, 3.8) is 0 Å². The van der Waals surface area contributed by atoms with Gasteiger partial charge in [0, 0.05) is 38.1 Å². The lowest BCUT2D eigenvalue weighted by Crippen LogP contribution is -2.34. The van der Waals surface area contributed by atoms with Gasteiger partial charge in [-0.2, -0.15) is 0 Å². The lowest BCUT2D eigenvalue weighted by atomic mass is 9.64. The maximum atomic E-state index is 5.32. The van der Waals surface area contributed by atoms with Crippen LogP contribution >= 0.6 is 11.8 Å². The summed E-state index contributed by atoms with van der Waals surface area (Å²) in [7, 11) is 0. The van der Waals surface area contributed by atoms with Gasteiger partial charge < -0.3 is 0 Å². The minimum absolute atomic E-state index is 0.515. The fraction of sp³-hybridized carbons (Fsp3) is 0.0227. The van der Waals surface area contributed by atoms with Gasteiger partial charge >= 0.3 is 0 Å². The van der Waals surface area contributed by atoms with E-state index in [4.69, 9.17) is 9.97 Å². The topological polar surface area (TPSA) is 38.7 Å². The lowest BCUT2D eigenvalue weighted by molar-refractivity contribution is 0.703. The van der Waals surface area contributed by atoms with E-state index < -0.39 is 5.41 Å². The predicted octanol–water partition coefficient (Wildman–Crippen LogP) is 10.9. The highest BCUT2D eigenvalue weighted by Gasteiger charge is 2.44. The molecule has 0 spiro atoms. The first-order chi connectivity index (χ1) is 23.8. The molecule has 48 heavy (non-hydrogen) atoms. The standard InChI is InChI=1S/C44H29N3S/c1-3-16-33(17-4-1)44(34-18-5-2-6-19-34)36-21-8-10-24-40(36)48-41-26-25-31(29-37(41)44)42-35-20-7-9-23-39(35)46-43(47-42)32-15-13-14-30(28-32)38-22-11-12-27-45-38/h1-29H. The van der Waals surface area contributed by atoms with Crippen LogP contribution in [0.5, 0.6) is 0 Å². The number of benzene rings is 6. The summed E-state index contributed by atoms with van der Waals surface area (Å²) < 4.78 is 0. The summed E-state index contributed by atoms with van der Waals surface area (Å²) in [5.41, 5.74) is 10.3. The molecule has 0 amide bonds. The van der Waals surface area contributed by atoms with E-state index in [1.54, 1.807) is 0 Å². The minimum atomic E-state index is -0.515. The molecular weight excluding hydrogens is 603 g/mol. The molecule has 9 rings (SSSR count). The third-order valence-corrected chi connectivity index (χ3v) is 10.4. The summed E-state index contributed by atoms with van der Waals surface area (Å²) in [5.74, 6) is 0.691. The number of fused-ring (bicyclic) bond motifs is 3. The molecule has 2 aromatic heterocycles. The first kappa shape index (κ1) is 28.4. The minimum Gasteiger partial charge on any atom is -0.256 e. The van der Waals surface area contributed by atoms with E-state index in [0.717, 1.165) is 39.0 Å². The second-order valence-electron chi connectivity index (χ2n) is 12.0. The maximum absolute atomic E-state index is 5.32. The summed E-state index contributed by atoms with van der Waals surface area (Å²) in [4.78, 5) is 17.5. The zero-order valence-electron chi connectivity index (χ0n) is 26.0. The zero-order valence-corrected chi connectivity index (χ0v) is 26.8. The molecule has 226 valence electrons. The van der Waals surface area contributed by atoms with Crippen molar-refractivity contribution >= 4 is 22.7 Å². The average molecular weight is 632 g/mol. The zero-order chi connectivity index (χ0) is 31.9. The highest BCUT2D eigenvalue weighted by atomic mass is 32.2. The fourth-order valence-corrected chi connectivity index (χ4v) is 8.30. The summed E-state index contributed by atoms with van der Waals surface area (Å²) in [5, 5.41) is 1.02. The van der Waals surface area contributed by atoms with E-state index in [9.17, 15) is 0 Å². The molecule has 0 unspecified atom stereocenters. The summed E-state index contributed by atoms with van der Waals surface area (Å²) >= 11 is 1.84. The quantitative estimate of drug-likeness (QED) is 0.189. The Kier molecular flexibility index (Phi) is 6.95. The SMILES string of the molecule is c1ccc(C2(c3ccccc3)c3ccccc3Sc3ccc(-c4nc(-c5cccc(-c6ccccn6)c5)nc5ccccc45)cc32)cc1. The van der Waals surface area contributed by atoms with Crippen molar-refractivity contribution in [2.75, 3.05) is 0 Å². The molecule has 0 atom stereocenters. The predicted molar refractivity (Wildman–Crippen MR) is 196 cm³/mol. The average Bonchev–Trinajstić information content (AvgIpc) is 3.17. The van der Waals surface area contributed by atoms with Gasteiger partial charge in [-0.15, -0.1) is 0 Å². The van der Waals surface area contributed by atoms with Crippen LogP contribution in [0.3, 0.4) is 0 Å². The largest absolute Gasteiger partial charge is 0.256 e. The van der Waals surface area contributed by atoms with Crippen LogP contribution in [-0.4, -0.2) is 15.0 Å². The van der Waals surface area contributed by atoms with Crippen molar-refractivity contribution < 1.29 is 0 Å². The molecule has 0 fully saturated rings.